The summed E-state index contributed by atoms with van der Waals surface area (Å²) in [5, 5.41) is 2.94. The number of methoxy groups -OCH3 is 1. The summed E-state index contributed by atoms with van der Waals surface area (Å²) in [7, 11) is 3.58. The van der Waals surface area contributed by atoms with Crippen LogP contribution in [0, 0.1) is 0 Å². The zero-order valence-electron chi connectivity index (χ0n) is 13.7. The molecule has 122 valence electrons. The molecule has 0 bridgehead atoms. The highest BCUT2D eigenvalue weighted by atomic mass is 32.2. The molecular weight excluding hydrogens is 308 g/mol. The highest BCUT2D eigenvalue weighted by Crippen LogP contribution is 2.19. The molecule has 5 heteroatoms. The van der Waals surface area contributed by atoms with Gasteiger partial charge >= 0.3 is 0 Å². The van der Waals surface area contributed by atoms with Gasteiger partial charge in [-0.2, -0.15) is 0 Å². The molecular formula is C18H22N2O2S. The number of thioether (sulfide) groups is 1. The Morgan fingerprint density at radius 1 is 1.22 bits per heavy atom. The van der Waals surface area contributed by atoms with E-state index < -0.39 is 0 Å². The molecule has 4 nitrogen and oxygen atoms in total. The number of likely N-dealkylation sites (N-methyl/N-ethyl adjacent to an activating group) is 1. The number of carbonyl (C=O) groups excluding carboxylic acids is 1. The van der Waals surface area contributed by atoms with Crippen molar-refractivity contribution in [2.45, 2.75) is 11.4 Å². The van der Waals surface area contributed by atoms with Crippen LogP contribution in [-0.4, -0.2) is 37.8 Å². The lowest BCUT2D eigenvalue weighted by Gasteiger charge is -2.17. The van der Waals surface area contributed by atoms with E-state index in [1.165, 1.54) is 0 Å². The van der Waals surface area contributed by atoms with Crippen LogP contribution < -0.4 is 10.1 Å². The smallest absolute Gasteiger partial charge is 0.238 e. The summed E-state index contributed by atoms with van der Waals surface area (Å²) in [6.07, 6.45) is 2.02. The lowest BCUT2D eigenvalue weighted by Crippen LogP contribution is -2.29. The standard InChI is InChI=1S/C18H22N2O2S/c1-20(12-14-6-4-8-16(10-14)22-2)13-18(21)19-15-7-5-9-17(11-15)23-3/h4-11H,12-13H2,1-3H3,(H,19,21). The van der Waals surface area contributed by atoms with Gasteiger partial charge in [0.15, 0.2) is 0 Å². The number of nitrogens with one attached hydrogen (secondary N) is 1. The first-order valence-corrected chi connectivity index (χ1v) is 8.58. The van der Waals surface area contributed by atoms with Crippen LogP contribution in [-0.2, 0) is 11.3 Å². The van der Waals surface area contributed by atoms with Crippen molar-refractivity contribution in [3.05, 3.63) is 54.1 Å². The number of carbonyl (C=O) groups is 1. The topological polar surface area (TPSA) is 41.6 Å². The van der Waals surface area contributed by atoms with E-state index in [9.17, 15) is 4.79 Å². The Morgan fingerprint density at radius 2 is 2.00 bits per heavy atom. The fourth-order valence-electron chi connectivity index (χ4n) is 2.28. The molecule has 1 amide bonds. The van der Waals surface area contributed by atoms with Gasteiger partial charge in [-0.1, -0.05) is 18.2 Å². The first-order chi connectivity index (χ1) is 11.1. The Labute approximate surface area is 141 Å². The fraction of sp³-hybridized carbons (Fsp3) is 0.278. The predicted molar refractivity (Wildman–Crippen MR) is 96.2 cm³/mol. The summed E-state index contributed by atoms with van der Waals surface area (Å²) in [5.74, 6) is 0.808. The van der Waals surface area contributed by atoms with Crippen LogP contribution in [0.4, 0.5) is 5.69 Å². The minimum Gasteiger partial charge on any atom is -0.497 e. The van der Waals surface area contributed by atoms with Gasteiger partial charge in [-0.25, -0.2) is 0 Å². The van der Waals surface area contributed by atoms with Gasteiger partial charge in [0.1, 0.15) is 5.75 Å². The van der Waals surface area contributed by atoms with E-state index in [-0.39, 0.29) is 5.91 Å². The molecule has 23 heavy (non-hydrogen) atoms. The molecule has 0 unspecified atom stereocenters. The summed E-state index contributed by atoms with van der Waals surface area (Å²) >= 11 is 1.66. The Bertz CT molecular complexity index is 661. The van der Waals surface area contributed by atoms with Crippen molar-refractivity contribution >= 4 is 23.4 Å². The number of anilines is 1. The summed E-state index contributed by atoms with van der Waals surface area (Å²) < 4.78 is 5.22. The molecule has 0 spiro atoms. The third kappa shape index (κ3) is 5.62. The fourth-order valence-corrected chi connectivity index (χ4v) is 2.74. The first-order valence-electron chi connectivity index (χ1n) is 7.36. The molecule has 2 aromatic carbocycles. The number of nitrogens with zero attached hydrogens (tertiary/aromatic N) is 1. The second-order valence-corrected chi connectivity index (χ2v) is 6.18. The van der Waals surface area contributed by atoms with E-state index in [2.05, 4.69) is 5.32 Å². The van der Waals surface area contributed by atoms with E-state index in [1.54, 1.807) is 18.9 Å². The van der Waals surface area contributed by atoms with Gasteiger partial charge in [-0.15, -0.1) is 11.8 Å². The summed E-state index contributed by atoms with van der Waals surface area (Å²) in [6, 6.07) is 15.7. The number of ether oxygens (including phenoxy) is 1. The third-order valence-electron chi connectivity index (χ3n) is 3.35. The summed E-state index contributed by atoms with van der Waals surface area (Å²) in [4.78, 5) is 15.3. The molecule has 0 aliphatic heterocycles. The SMILES string of the molecule is COc1cccc(CN(C)CC(=O)Nc2cccc(SC)c2)c1. The van der Waals surface area contributed by atoms with Crippen molar-refractivity contribution in [3.63, 3.8) is 0 Å². The minimum absolute atomic E-state index is 0.0198. The summed E-state index contributed by atoms with van der Waals surface area (Å²) in [5.41, 5.74) is 1.95. The average Bonchev–Trinajstić information content (AvgIpc) is 2.54. The van der Waals surface area contributed by atoms with Gasteiger partial charge in [-0.3, -0.25) is 9.69 Å². The monoisotopic (exact) mass is 330 g/mol. The Hall–Kier alpha value is -1.98. The van der Waals surface area contributed by atoms with E-state index in [0.29, 0.717) is 13.1 Å². The zero-order chi connectivity index (χ0) is 16.7. The molecule has 0 aliphatic rings. The van der Waals surface area contributed by atoms with Gasteiger partial charge in [-0.05, 0) is 49.2 Å². The number of amides is 1. The lowest BCUT2D eigenvalue weighted by molar-refractivity contribution is -0.117. The van der Waals surface area contributed by atoms with Crippen LogP contribution in [0.25, 0.3) is 0 Å². The Balaban J connectivity index is 1.88. The first kappa shape index (κ1) is 17.4. The van der Waals surface area contributed by atoms with Crippen molar-refractivity contribution in [2.24, 2.45) is 0 Å². The molecule has 0 radical (unpaired) electrons. The number of hydrogen-bond acceptors (Lipinski definition) is 4. The maximum absolute atomic E-state index is 12.2. The predicted octanol–water partition coefficient (Wildman–Crippen LogP) is 3.49. The average molecular weight is 330 g/mol. The maximum Gasteiger partial charge on any atom is 0.238 e. The molecule has 0 aliphatic carbocycles. The van der Waals surface area contributed by atoms with E-state index in [0.717, 1.165) is 21.9 Å². The quantitative estimate of drug-likeness (QED) is 0.789. The van der Waals surface area contributed by atoms with E-state index in [4.69, 9.17) is 4.74 Å². The van der Waals surface area contributed by atoms with Crippen LogP contribution >= 0.6 is 11.8 Å². The second kappa shape index (κ2) is 8.60. The van der Waals surface area contributed by atoms with Crippen LogP contribution in [0.15, 0.2) is 53.4 Å². The molecule has 1 N–H and O–H groups in total. The number of rotatable bonds is 7. The highest BCUT2D eigenvalue weighted by Gasteiger charge is 2.08. The molecule has 0 fully saturated rings. The van der Waals surface area contributed by atoms with Crippen LogP contribution in [0.1, 0.15) is 5.56 Å². The van der Waals surface area contributed by atoms with Crippen molar-refractivity contribution in [1.82, 2.24) is 4.90 Å². The van der Waals surface area contributed by atoms with Crippen LogP contribution in [0.2, 0.25) is 0 Å². The van der Waals surface area contributed by atoms with Gasteiger partial charge in [0, 0.05) is 17.1 Å². The molecule has 0 atom stereocenters. The van der Waals surface area contributed by atoms with Crippen molar-refractivity contribution in [2.75, 3.05) is 32.3 Å². The molecule has 2 aromatic rings. The van der Waals surface area contributed by atoms with Gasteiger partial charge < -0.3 is 10.1 Å². The van der Waals surface area contributed by atoms with Crippen molar-refractivity contribution < 1.29 is 9.53 Å². The third-order valence-corrected chi connectivity index (χ3v) is 4.08. The Morgan fingerprint density at radius 3 is 2.74 bits per heavy atom. The minimum atomic E-state index is -0.0198. The van der Waals surface area contributed by atoms with Gasteiger partial charge in [0.05, 0.1) is 13.7 Å². The highest BCUT2D eigenvalue weighted by molar-refractivity contribution is 7.98. The number of hydrogen-bond donors (Lipinski definition) is 1. The van der Waals surface area contributed by atoms with Crippen LogP contribution in [0.5, 0.6) is 5.75 Å². The summed E-state index contributed by atoms with van der Waals surface area (Å²) in [6.45, 7) is 1.02. The molecule has 0 heterocycles. The Kier molecular flexibility index (Phi) is 6.50. The van der Waals surface area contributed by atoms with Gasteiger partial charge in [0.2, 0.25) is 5.91 Å². The molecule has 0 aromatic heterocycles. The molecule has 0 saturated carbocycles. The van der Waals surface area contributed by atoms with Crippen molar-refractivity contribution in [1.29, 1.82) is 0 Å². The molecule has 0 saturated heterocycles. The van der Waals surface area contributed by atoms with Gasteiger partial charge in [0.25, 0.3) is 0 Å². The maximum atomic E-state index is 12.2. The van der Waals surface area contributed by atoms with E-state index >= 15 is 0 Å². The normalized spacial score (nSPS) is 10.6. The number of benzene rings is 2. The zero-order valence-corrected chi connectivity index (χ0v) is 14.5. The van der Waals surface area contributed by atoms with Crippen LogP contribution in [0.3, 0.4) is 0 Å². The lowest BCUT2D eigenvalue weighted by atomic mass is 10.2. The second-order valence-electron chi connectivity index (χ2n) is 5.30. The van der Waals surface area contributed by atoms with Crippen molar-refractivity contribution in [3.8, 4) is 5.75 Å². The van der Waals surface area contributed by atoms with E-state index in [1.807, 2.05) is 66.7 Å². The largest absolute Gasteiger partial charge is 0.497 e. The molecule has 2 rings (SSSR count).